The summed E-state index contributed by atoms with van der Waals surface area (Å²) in [5, 5.41) is 0. The van der Waals surface area contributed by atoms with Crippen molar-refractivity contribution in [2.45, 2.75) is 25.2 Å². The molecule has 2 rings (SSSR count). The summed E-state index contributed by atoms with van der Waals surface area (Å²) in [5.41, 5.74) is 8.34. The second-order valence-corrected chi connectivity index (χ2v) is 4.29. The molecule has 1 aliphatic heterocycles. The molecule has 82 valence electrons. The quantitative estimate of drug-likeness (QED) is 0.795. The van der Waals surface area contributed by atoms with Gasteiger partial charge in [-0.15, -0.1) is 0 Å². The highest BCUT2D eigenvalue weighted by Gasteiger charge is 2.33. The van der Waals surface area contributed by atoms with E-state index in [1.807, 2.05) is 13.1 Å². The van der Waals surface area contributed by atoms with Crippen LogP contribution < -0.4 is 5.73 Å². The molecule has 3 nitrogen and oxygen atoms in total. The molecular formula is C12H18N2O. The van der Waals surface area contributed by atoms with Gasteiger partial charge in [-0.05, 0) is 31.4 Å². The van der Waals surface area contributed by atoms with E-state index in [0.717, 1.165) is 31.7 Å². The molecule has 2 heterocycles. The van der Waals surface area contributed by atoms with Crippen molar-refractivity contribution >= 4 is 0 Å². The number of rotatable bonds is 2. The molecule has 0 bridgehead atoms. The zero-order valence-electron chi connectivity index (χ0n) is 9.20. The van der Waals surface area contributed by atoms with Gasteiger partial charge in [-0.2, -0.15) is 0 Å². The standard InChI is InChI=1S/C12H18N2O/c1-10-2-3-11(8-14-10)12(9-13)4-6-15-7-5-12/h2-3,8H,4-7,9,13H2,1H3. The van der Waals surface area contributed by atoms with Crippen LogP contribution >= 0.6 is 0 Å². The average molecular weight is 206 g/mol. The van der Waals surface area contributed by atoms with E-state index >= 15 is 0 Å². The molecule has 1 aliphatic rings. The maximum absolute atomic E-state index is 5.92. The topological polar surface area (TPSA) is 48.1 Å². The Morgan fingerprint density at radius 3 is 2.67 bits per heavy atom. The van der Waals surface area contributed by atoms with Crippen molar-refractivity contribution < 1.29 is 4.74 Å². The third kappa shape index (κ3) is 2.03. The van der Waals surface area contributed by atoms with Gasteiger partial charge in [-0.25, -0.2) is 0 Å². The fourth-order valence-electron chi connectivity index (χ4n) is 2.15. The van der Waals surface area contributed by atoms with Gasteiger partial charge in [-0.1, -0.05) is 6.07 Å². The van der Waals surface area contributed by atoms with Gasteiger partial charge in [0.2, 0.25) is 0 Å². The monoisotopic (exact) mass is 206 g/mol. The van der Waals surface area contributed by atoms with Crippen molar-refractivity contribution in [2.24, 2.45) is 5.73 Å². The lowest BCUT2D eigenvalue weighted by molar-refractivity contribution is 0.0528. The first kappa shape index (κ1) is 10.6. The van der Waals surface area contributed by atoms with Crippen LogP contribution in [0.1, 0.15) is 24.1 Å². The van der Waals surface area contributed by atoms with Gasteiger partial charge in [0, 0.05) is 37.1 Å². The first-order chi connectivity index (χ1) is 7.27. The smallest absolute Gasteiger partial charge is 0.0475 e. The highest BCUT2D eigenvalue weighted by molar-refractivity contribution is 5.25. The first-order valence-electron chi connectivity index (χ1n) is 5.48. The van der Waals surface area contributed by atoms with E-state index in [2.05, 4.69) is 17.1 Å². The van der Waals surface area contributed by atoms with Crippen molar-refractivity contribution in [1.82, 2.24) is 4.98 Å². The number of hydrogen-bond acceptors (Lipinski definition) is 3. The third-order valence-corrected chi connectivity index (χ3v) is 3.36. The van der Waals surface area contributed by atoms with Crippen LogP contribution in [0.25, 0.3) is 0 Å². The molecule has 0 aliphatic carbocycles. The van der Waals surface area contributed by atoms with Crippen LogP contribution in [0.2, 0.25) is 0 Å². The SMILES string of the molecule is Cc1ccc(C2(CN)CCOCC2)cn1. The summed E-state index contributed by atoms with van der Waals surface area (Å²) in [6, 6.07) is 4.21. The maximum atomic E-state index is 5.92. The summed E-state index contributed by atoms with van der Waals surface area (Å²) < 4.78 is 5.40. The molecule has 1 aromatic rings. The molecule has 0 amide bonds. The number of nitrogens with two attached hydrogens (primary N) is 1. The minimum absolute atomic E-state index is 0.0962. The van der Waals surface area contributed by atoms with Gasteiger partial charge in [0.05, 0.1) is 0 Å². The van der Waals surface area contributed by atoms with Gasteiger partial charge >= 0.3 is 0 Å². The number of nitrogens with zero attached hydrogens (tertiary/aromatic N) is 1. The van der Waals surface area contributed by atoms with E-state index in [0.29, 0.717) is 6.54 Å². The van der Waals surface area contributed by atoms with E-state index in [1.54, 1.807) is 0 Å². The van der Waals surface area contributed by atoms with E-state index in [4.69, 9.17) is 10.5 Å². The fraction of sp³-hybridized carbons (Fsp3) is 0.583. The van der Waals surface area contributed by atoms with Crippen LogP contribution in [0, 0.1) is 6.92 Å². The van der Waals surface area contributed by atoms with Crippen LogP contribution in [-0.4, -0.2) is 24.7 Å². The van der Waals surface area contributed by atoms with E-state index in [-0.39, 0.29) is 5.41 Å². The van der Waals surface area contributed by atoms with E-state index < -0.39 is 0 Å². The molecule has 0 aromatic carbocycles. The van der Waals surface area contributed by atoms with E-state index in [9.17, 15) is 0 Å². The van der Waals surface area contributed by atoms with Crippen LogP contribution in [0.15, 0.2) is 18.3 Å². The molecule has 0 radical (unpaired) electrons. The Labute approximate surface area is 90.7 Å². The van der Waals surface area contributed by atoms with Gasteiger partial charge in [-0.3, -0.25) is 4.98 Å². The number of aryl methyl sites for hydroxylation is 1. The van der Waals surface area contributed by atoms with Crippen LogP contribution in [0.4, 0.5) is 0 Å². The summed E-state index contributed by atoms with van der Waals surface area (Å²) >= 11 is 0. The minimum atomic E-state index is 0.0962. The molecule has 1 saturated heterocycles. The Morgan fingerprint density at radius 2 is 2.13 bits per heavy atom. The fourth-order valence-corrected chi connectivity index (χ4v) is 2.15. The van der Waals surface area contributed by atoms with Crippen LogP contribution in [-0.2, 0) is 10.2 Å². The Bertz CT molecular complexity index is 315. The second-order valence-electron chi connectivity index (χ2n) is 4.29. The number of aromatic nitrogens is 1. The Kier molecular flexibility index (Phi) is 3.03. The molecular weight excluding hydrogens is 188 g/mol. The van der Waals surface area contributed by atoms with E-state index in [1.165, 1.54) is 5.56 Å². The molecule has 0 atom stereocenters. The van der Waals surface area contributed by atoms with Crippen LogP contribution in [0.5, 0.6) is 0 Å². The van der Waals surface area contributed by atoms with Gasteiger partial charge in [0.1, 0.15) is 0 Å². The molecule has 0 saturated carbocycles. The summed E-state index contributed by atoms with van der Waals surface area (Å²) in [5.74, 6) is 0. The van der Waals surface area contributed by atoms with Crippen molar-refractivity contribution in [3.8, 4) is 0 Å². The molecule has 1 aromatic heterocycles. The zero-order valence-corrected chi connectivity index (χ0v) is 9.20. The number of pyridine rings is 1. The lowest BCUT2D eigenvalue weighted by Crippen LogP contribution is -2.40. The summed E-state index contributed by atoms with van der Waals surface area (Å²) in [7, 11) is 0. The average Bonchev–Trinajstić information content (AvgIpc) is 2.31. The normalized spacial score (nSPS) is 20.1. The maximum Gasteiger partial charge on any atom is 0.0475 e. The Hall–Kier alpha value is -0.930. The zero-order chi connectivity index (χ0) is 10.7. The summed E-state index contributed by atoms with van der Waals surface area (Å²) in [4.78, 5) is 4.35. The lowest BCUT2D eigenvalue weighted by atomic mass is 9.75. The largest absolute Gasteiger partial charge is 0.381 e. The Balaban J connectivity index is 2.28. The molecule has 15 heavy (non-hydrogen) atoms. The number of ether oxygens (including phenoxy) is 1. The third-order valence-electron chi connectivity index (χ3n) is 3.36. The molecule has 3 heteroatoms. The minimum Gasteiger partial charge on any atom is -0.381 e. The highest BCUT2D eigenvalue weighted by atomic mass is 16.5. The molecule has 0 unspecified atom stereocenters. The number of hydrogen-bond donors (Lipinski definition) is 1. The van der Waals surface area contributed by atoms with Crippen molar-refractivity contribution in [3.63, 3.8) is 0 Å². The van der Waals surface area contributed by atoms with Crippen molar-refractivity contribution in [3.05, 3.63) is 29.6 Å². The summed E-state index contributed by atoms with van der Waals surface area (Å²) in [6.07, 6.45) is 3.98. The van der Waals surface area contributed by atoms with Gasteiger partial charge in [0.25, 0.3) is 0 Å². The predicted molar refractivity (Wildman–Crippen MR) is 59.8 cm³/mol. The predicted octanol–water partition coefficient (Wildman–Crippen LogP) is 1.40. The van der Waals surface area contributed by atoms with Crippen LogP contribution in [0.3, 0.4) is 0 Å². The Morgan fingerprint density at radius 1 is 1.40 bits per heavy atom. The van der Waals surface area contributed by atoms with Crippen molar-refractivity contribution in [1.29, 1.82) is 0 Å². The van der Waals surface area contributed by atoms with Gasteiger partial charge in [0.15, 0.2) is 0 Å². The lowest BCUT2D eigenvalue weighted by Gasteiger charge is -2.36. The first-order valence-corrected chi connectivity index (χ1v) is 5.48. The second kappa shape index (κ2) is 4.29. The summed E-state index contributed by atoms with van der Waals surface area (Å²) in [6.45, 7) is 4.31. The highest BCUT2D eigenvalue weighted by Crippen LogP contribution is 2.33. The van der Waals surface area contributed by atoms with Crippen molar-refractivity contribution in [2.75, 3.05) is 19.8 Å². The molecule has 1 fully saturated rings. The van der Waals surface area contributed by atoms with Gasteiger partial charge < -0.3 is 10.5 Å². The molecule has 2 N–H and O–H groups in total. The molecule has 0 spiro atoms.